The molecule has 1 aromatic rings. The number of nitrogens with one attached hydrogen (secondary N) is 1. The number of halogens is 3. The summed E-state index contributed by atoms with van der Waals surface area (Å²) in [5.41, 5.74) is -0.975. The van der Waals surface area contributed by atoms with E-state index in [-0.39, 0.29) is 18.5 Å². The molecule has 0 aromatic heterocycles. The van der Waals surface area contributed by atoms with E-state index >= 15 is 0 Å². The smallest absolute Gasteiger partial charge is 0.407 e. The summed E-state index contributed by atoms with van der Waals surface area (Å²) in [6.45, 7) is 5.11. The van der Waals surface area contributed by atoms with Crippen LogP contribution in [-0.4, -0.2) is 34.6 Å². The first-order valence-corrected chi connectivity index (χ1v) is 7.37. The predicted octanol–water partition coefficient (Wildman–Crippen LogP) is 2.93. The molecule has 1 amide bonds. The Morgan fingerprint density at radius 1 is 1.35 bits per heavy atom. The van der Waals surface area contributed by atoms with Crippen LogP contribution in [0.2, 0.25) is 5.02 Å². The molecular weight excluding hydrogens is 332 g/mol. The van der Waals surface area contributed by atoms with Crippen molar-refractivity contribution in [2.24, 2.45) is 0 Å². The largest absolute Gasteiger partial charge is 0.444 e. The third-order valence-corrected chi connectivity index (χ3v) is 3.20. The molecule has 23 heavy (non-hydrogen) atoms. The number of carbonyl (C=O) groups is 1. The molecule has 0 aliphatic rings. The molecule has 5 nitrogen and oxygen atoms in total. The fraction of sp³-hybridized carbons (Fsp3) is 0.533. The van der Waals surface area contributed by atoms with Crippen LogP contribution >= 0.6 is 11.6 Å². The van der Waals surface area contributed by atoms with Crippen molar-refractivity contribution in [3.63, 3.8) is 0 Å². The zero-order valence-electron chi connectivity index (χ0n) is 13.1. The summed E-state index contributed by atoms with van der Waals surface area (Å²) < 4.78 is 31.8. The summed E-state index contributed by atoms with van der Waals surface area (Å²) in [5, 5.41) is 21.4. The molecule has 1 aromatic carbocycles. The Morgan fingerprint density at radius 2 is 1.96 bits per heavy atom. The number of amides is 1. The second-order valence-electron chi connectivity index (χ2n) is 5.99. The molecular formula is C15H20ClF2NO4. The number of aliphatic hydroxyl groups is 2. The summed E-state index contributed by atoms with van der Waals surface area (Å²) >= 11 is 5.42. The number of aliphatic hydroxyl groups excluding tert-OH is 2. The van der Waals surface area contributed by atoms with Gasteiger partial charge in [0.2, 0.25) is 0 Å². The first-order valence-electron chi connectivity index (χ1n) is 6.99. The van der Waals surface area contributed by atoms with Gasteiger partial charge in [0.15, 0.2) is 5.82 Å². The van der Waals surface area contributed by atoms with E-state index < -0.39 is 40.6 Å². The number of hydrogen-bond acceptors (Lipinski definition) is 4. The first-order chi connectivity index (χ1) is 10.5. The number of benzene rings is 1. The minimum atomic E-state index is -1.60. The molecule has 0 aliphatic carbocycles. The van der Waals surface area contributed by atoms with Crippen molar-refractivity contribution in [1.29, 1.82) is 0 Å². The van der Waals surface area contributed by atoms with E-state index in [1.165, 1.54) is 0 Å². The number of ether oxygens (including phenoxy) is 1. The van der Waals surface area contributed by atoms with E-state index in [4.69, 9.17) is 16.3 Å². The third-order valence-electron chi connectivity index (χ3n) is 2.86. The van der Waals surface area contributed by atoms with Gasteiger partial charge in [-0.25, -0.2) is 13.6 Å². The zero-order chi connectivity index (χ0) is 17.8. The highest BCUT2D eigenvalue weighted by molar-refractivity contribution is 6.30. The van der Waals surface area contributed by atoms with Crippen LogP contribution in [0.25, 0.3) is 0 Å². The van der Waals surface area contributed by atoms with E-state index in [0.717, 1.165) is 12.1 Å². The van der Waals surface area contributed by atoms with Crippen molar-refractivity contribution in [1.82, 2.24) is 5.32 Å². The number of carbonyl (C=O) groups excluding carboxylic acids is 1. The number of alkyl carbamates (subject to hydrolysis) is 1. The highest BCUT2D eigenvalue weighted by atomic mass is 35.5. The van der Waals surface area contributed by atoms with Crippen LogP contribution in [0.1, 0.15) is 38.9 Å². The van der Waals surface area contributed by atoms with Crippen LogP contribution in [0.3, 0.4) is 0 Å². The molecule has 0 bridgehead atoms. The fourth-order valence-corrected chi connectivity index (χ4v) is 1.94. The van der Waals surface area contributed by atoms with Crippen molar-refractivity contribution in [3.8, 4) is 0 Å². The van der Waals surface area contributed by atoms with Crippen LogP contribution in [0.5, 0.6) is 0 Å². The molecule has 0 radical (unpaired) electrons. The third kappa shape index (κ3) is 5.93. The highest BCUT2D eigenvalue weighted by Crippen LogP contribution is 2.28. The molecule has 0 saturated heterocycles. The topological polar surface area (TPSA) is 78.8 Å². The Balaban J connectivity index is 2.57. The monoisotopic (exact) mass is 351 g/mol. The van der Waals surface area contributed by atoms with E-state index in [9.17, 15) is 23.8 Å². The van der Waals surface area contributed by atoms with Gasteiger partial charge in [-0.2, -0.15) is 0 Å². The lowest BCUT2D eigenvalue weighted by molar-refractivity contribution is 0.0103. The van der Waals surface area contributed by atoms with Crippen LogP contribution < -0.4 is 5.32 Å². The van der Waals surface area contributed by atoms with Gasteiger partial charge < -0.3 is 20.3 Å². The first kappa shape index (κ1) is 19.6. The summed E-state index contributed by atoms with van der Waals surface area (Å²) in [6, 6.07) is 1.90. The Kier molecular flexibility index (Phi) is 6.73. The summed E-state index contributed by atoms with van der Waals surface area (Å²) in [5.74, 6) is -2.08. The predicted molar refractivity (Wildman–Crippen MR) is 81.2 cm³/mol. The average Bonchev–Trinajstić information content (AvgIpc) is 2.42. The maximum atomic E-state index is 13.8. The quantitative estimate of drug-likeness (QED) is 0.713. The van der Waals surface area contributed by atoms with Crippen molar-refractivity contribution in [3.05, 3.63) is 34.4 Å². The normalized spacial score (nSPS) is 14.3. The van der Waals surface area contributed by atoms with E-state index in [0.29, 0.717) is 0 Å². The minimum Gasteiger partial charge on any atom is -0.444 e. The van der Waals surface area contributed by atoms with Crippen LogP contribution in [0.4, 0.5) is 13.6 Å². The lowest BCUT2D eigenvalue weighted by atomic mass is 10.0. The van der Waals surface area contributed by atoms with E-state index in [1.807, 2.05) is 0 Å². The molecule has 0 aliphatic heterocycles. The van der Waals surface area contributed by atoms with Crippen molar-refractivity contribution >= 4 is 17.7 Å². The number of hydrogen-bond donors (Lipinski definition) is 3. The van der Waals surface area contributed by atoms with Gasteiger partial charge in [-0.05, 0) is 33.3 Å². The molecule has 130 valence electrons. The van der Waals surface area contributed by atoms with Gasteiger partial charge in [0.05, 0.1) is 6.10 Å². The lowest BCUT2D eigenvalue weighted by Crippen LogP contribution is -2.34. The second-order valence-corrected chi connectivity index (χ2v) is 6.37. The molecule has 2 unspecified atom stereocenters. The Morgan fingerprint density at radius 3 is 2.52 bits per heavy atom. The minimum absolute atomic E-state index is 0.00366. The lowest BCUT2D eigenvalue weighted by Gasteiger charge is -2.21. The van der Waals surface area contributed by atoms with Gasteiger partial charge in [-0.1, -0.05) is 17.7 Å². The molecule has 0 saturated carbocycles. The van der Waals surface area contributed by atoms with Crippen LogP contribution in [0, 0.1) is 11.6 Å². The molecule has 2 atom stereocenters. The SMILES string of the molecule is CC(C)(C)OC(=O)NCCC(O)C(O)c1ccc(F)c(Cl)c1F. The molecule has 1 rings (SSSR count). The van der Waals surface area contributed by atoms with Gasteiger partial charge in [0, 0.05) is 12.1 Å². The molecule has 3 N–H and O–H groups in total. The Bertz CT molecular complexity index is 563. The summed E-state index contributed by atoms with van der Waals surface area (Å²) in [6.07, 6.45) is -3.71. The summed E-state index contributed by atoms with van der Waals surface area (Å²) in [7, 11) is 0. The zero-order valence-corrected chi connectivity index (χ0v) is 13.8. The van der Waals surface area contributed by atoms with Gasteiger partial charge in [0.25, 0.3) is 0 Å². The standard InChI is InChI=1S/C15H20ClF2NO4/c1-15(2,3)23-14(22)19-7-6-10(20)13(21)8-4-5-9(17)11(16)12(8)18/h4-5,10,13,20-21H,6-7H2,1-3H3,(H,19,22). The fourth-order valence-electron chi connectivity index (χ4n) is 1.77. The van der Waals surface area contributed by atoms with Gasteiger partial charge in [0.1, 0.15) is 22.5 Å². The van der Waals surface area contributed by atoms with Crippen molar-refractivity contribution in [2.45, 2.75) is 45.0 Å². The molecule has 8 heteroatoms. The maximum absolute atomic E-state index is 13.8. The molecule has 0 spiro atoms. The van der Waals surface area contributed by atoms with Gasteiger partial charge in [-0.15, -0.1) is 0 Å². The Hall–Kier alpha value is -1.44. The van der Waals surface area contributed by atoms with Crippen LogP contribution in [0.15, 0.2) is 12.1 Å². The van der Waals surface area contributed by atoms with Crippen LogP contribution in [-0.2, 0) is 4.74 Å². The maximum Gasteiger partial charge on any atom is 0.407 e. The van der Waals surface area contributed by atoms with Gasteiger partial charge >= 0.3 is 6.09 Å². The average molecular weight is 352 g/mol. The van der Waals surface area contributed by atoms with E-state index in [2.05, 4.69) is 5.32 Å². The molecule has 0 heterocycles. The van der Waals surface area contributed by atoms with Gasteiger partial charge in [-0.3, -0.25) is 0 Å². The summed E-state index contributed by atoms with van der Waals surface area (Å²) in [4.78, 5) is 11.4. The highest BCUT2D eigenvalue weighted by Gasteiger charge is 2.24. The van der Waals surface area contributed by atoms with E-state index in [1.54, 1.807) is 20.8 Å². The molecule has 0 fully saturated rings. The second kappa shape index (κ2) is 7.90. The number of rotatable bonds is 5. The van der Waals surface area contributed by atoms with Crippen molar-refractivity contribution < 1.29 is 28.5 Å². The van der Waals surface area contributed by atoms with Crippen molar-refractivity contribution in [2.75, 3.05) is 6.54 Å². The Labute approximate surface area is 138 Å².